The molecule has 172 valence electrons. The van der Waals surface area contributed by atoms with Crippen molar-refractivity contribution in [1.82, 2.24) is 24.1 Å². The number of imidazole rings is 2. The lowest BCUT2D eigenvalue weighted by atomic mass is 9.99. The number of carbonyl (C=O) groups excluding carboxylic acids is 1. The molecular weight excluding hydrogens is 426 g/mol. The fourth-order valence-corrected chi connectivity index (χ4v) is 3.99. The predicted octanol–water partition coefficient (Wildman–Crippen LogP) is 5.39. The number of aryl methyl sites for hydroxylation is 2. The van der Waals surface area contributed by atoms with Crippen molar-refractivity contribution >= 4 is 28.0 Å². The Morgan fingerprint density at radius 3 is 1.71 bits per heavy atom. The van der Waals surface area contributed by atoms with Gasteiger partial charge in [-0.25, -0.2) is 19.7 Å². The van der Waals surface area contributed by atoms with E-state index in [-0.39, 0.29) is 5.41 Å². The van der Waals surface area contributed by atoms with Crippen molar-refractivity contribution < 1.29 is 9.53 Å². The van der Waals surface area contributed by atoms with Gasteiger partial charge in [-0.3, -0.25) is 0 Å². The van der Waals surface area contributed by atoms with Crippen LogP contribution in [-0.4, -0.2) is 36.7 Å². The average molecular weight is 454 g/mol. The zero-order valence-electron chi connectivity index (χ0n) is 20.0. The largest absolute Gasteiger partial charge is 0.462 e. The SMILES string of the molecule is Cn1c(-c2cc(C(=O)OCC(C)(C)C)cc(-c3nc4ccccc4n3C)n2)nc2ccccc21. The van der Waals surface area contributed by atoms with Gasteiger partial charge in [-0.2, -0.15) is 0 Å². The summed E-state index contributed by atoms with van der Waals surface area (Å²) in [6, 6.07) is 19.3. The molecule has 7 nitrogen and oxygen atoms in total. The van der Waals surface area contributed by atoms with Gasteiger partial charge in [0.05, 0.1) is 34.2 Å². The van der Waals surface area contributed by atoms with Crippen LogP contribution in [0.2, 0.25) is 0 Å². The van der Waals surface area contributed by atoms with Crippen molar-refractivity contribution in [3.63, 3.8) is 0 Å². The van der Waals surface area contributed by atoms with Gasteiger partial charge in [0.1, 0.15) is 11.4 Å². The Labute approximate surface area is 198 Å². The van der Waals surface area contributed by atoms with Crippen molar-refractivity contribution in [3.05, 3.63) is 66.2 Å². The molecule has 0 bridgehead atoms. The molecule has 0 amide bonds. The Morgan fingerprint density at radius 2 is 1.26 bits per heavy atom. The van der Waals surface area contributed by atoms with Crippen LogP contribution in [0.1, 0.15) is 31.1 Å². The van der Waals surface area contributed by atoms with Crippen molar-refractivity contribution in [2.45, 2.75) is 20.8 Å². The van der Waals surface area contributed by atoms with Crippen LogP contribution >= 0.6 is 0 Å². The fraction of sp³-hybridized carbons (Fsp3) is 0.259. The molecule has 2 aromatic carbocycles. The number of carbonyl (C=O) groups is 1. The van der Waals surface area contributed by atoms with E-state index in [2.05, 4.69) is 0 Å². The highest BCUT2D eigenvalue weighted by atomic mass is 16.5. The Kier molecular flexibility index (Phi) is 5.20. The highest BCUT2D eigenvalue weighted by Gasteiger charge is 2.21. The van der Waals surface area contributed by atoms with E-state index in [1.807, 2.05) is 92.5 Å². The van der Waals surface area contributed by atoms with Crippen LogP contribution in [-0.2, 0) is 18.8 Å². The van der Waals surface area contributed by atoms with Crippen molar-refractivity contribution in [2.24, 2.45) is 19.5 Å². The number of benzene rings is 2. The van der Waals surface area contributed by atoms with Crippen LogP contribution in [0.5, 0.6) is 0 Å². The second-order valence-corrected chi connectivity index (χ2v) is 9.73. The number of nitrogens with zero attached hydrogens (tertiary/aromatic N) is 5. The summed E-state index contributed by atoms with van der Waals surface area (Å²) >= 11 is 0. The van der Waals surface area contributed by atoms with Gasteiger partial charge in [0.15, 0.2) is 11.6 Å². The Morgan fingerprint density at radius 1 is 0.794 bits per heavy atom. The molecule has 3 aromatic heterocycles. The number of hydrogen-bond donors (Lipinski definition) is 0. The van der Waals surface area contributed by atoms with E-state index in [0.29, 0.717) is 35.2 Å². The first-order valence-corrected chi connectivity index (χ1v) is 11.2. The highest BCUT2D eigenvalue weighted by molar-refractivity contribution is 5.92. The summed E-state index contributed by atoms with van der Waals surface area (Å²) in [6.45, 7) is 6.41. The van der Waals surface area contributed by atoms with Gasteiger partial charge in [0.25, 0.3) is 0 Å². The molecule has 0 spiro atoms. The van der Waals surface area contributed by atoms with Crippen LogP contribution in [0.15, 0.2) is 60.7 Å². The minimum atomic E-state index is -0.391. The molecule has 0 saturated carbocycles. The van der Waals surface area contributed by atoms with Gasteiger partial charge >= 0.3 is 5.97 Å². The van der Waals surface area contributed by atoms with Gasteiger partial charge in [-0.15, -0.1) is 0 Å². The van der Waals surface area contributed by atoms with Gasteiger partial charge < -0.3 is 13.9 Å². The number of ether oxygens (including phenoxy) is 1. The first kappa shape index (κ1) is 21.8. The maximum Gasteiger partial charge on any atom is 0.338 e. The van der Waals surface area contributed by atoms with Crippen LogP contribution < -0.4 is 0 Å². The minimum absolute atomic E-state index is 0.136. The molecule has 5 aromatic rings. The summed E-state index contributed by atoms with van der Waals surface area (Å²) < 4.78 is 9.60. The number of rotatable bonds is 4. The molecule has 3 heterocycles. The molecule has 5 rings (SSSR count). The molecule has 0 atom stereocenters. The van der Waals surface area contributed by atoms with E-state index in [1.165, 1.54) is 0 Å². The van der Waals surface area contributed by atoms with Crippen LogP contribution in [0.3, 0.4) is 0 Å². The standard InChI is InChI=1S/C27H27N5O2/c1-27(2,3)16-34-26(33)17-14-20(24-29-18-10-6-8-12-22(18)31(24)4)28-21(15-17)25-30-19-11-7-9-13-23(19)32(25)5/h6-15H,16H2,1-5H3. The lowest BCUT2D eigenvalue weighted by Crippen LogP contribution is -2.18. The Balaban J connectivity index is 1.68. The molecule has 34 heavy (non-hydrogen) atoms. The summed E-state index contributed by atoms with van der Waals surface area (Å²) in [4.78, 5) is 27.5. The minimum Gasteiger partial charge on any atom is -0.462 e. The van der Waals surface area contributed by atoms with Crippen molar-refractivity contribution in [1.29, 1.82) is 0 Å². The molecule has 0 unspecified atom stereocenters. The fourth-order valence-electron chi connectivity index (χ4n) is 3.99. The van der Waals surface area contributed by atoms with Gasteiger partial charge in [-0.1, -0.05) is 45.0 Å². The van der Waals surface area contributed by atoms with E-state index in [0.717, 1.165) is 22.1 Å². The first-order valence-electron chi connectivity index (χ1n) is 11.2. The molecule has 0 fully saturated rings. The van der Waals surface area contributed by atoms with Crippen molar-refractivity contribution in [3.8, 4) is 23.0 Å². The second kappa shape index (κ2) is 8.09. The maximum atomic E-state index is 13.1. The molecule has 0 aliphatic rings. The highest BCUT2D eigenvalue weighted by Crippen LogP contribution is 2.29. The van der Waals surface area contributed by atoms with E-state index in [1.54, 1.807) is 12.1 Å². The summed E-state index contributed by atoms with van der Waals surface area (Å²) in [5.41, 5.74) is 5.18. The third-order valence-electron chi connectivity index (χ3n) is 5.73. The predicted molar refractivity (Wildman–Crippen MR) is 133 cm³/mol. The van der Waals surface area contributed by atoms with Crippen LogP contribution in [0.4, 0.5) is 0 Å². The Bertz CT molecular complexity index is 1440. The lowest BCUT2D eigenvalue weighted by molar-refractivity contribution is 0.0367. The third-order valence-corrected chi connectivity index (χ3v) is 5.73. The third kappa shape index (κ3) is 3.94. The monoisotopic (exact) mass is 453 g/mol. The lowest BCUT2D eigenvalue weighted by Gasteiger charge is -2.18. The number of fused-ring (bicyclic) bond motifs is 2. The van der Waals surface area contributed by atoms with Gasteiger partial charge in [0, 0.05) is 14.1 Å². The van der Waals surface area contributed by atoms with Crippen molar-refractivity contribution in [2.75, 3.05) is 6.61 Å². The number of hydrogen-bond acceptors (Lipinski definition) is 5. The van der Waals surface area contributed by atoms with E-state index in [4.69, 9.17) is 19.7 Å². The molecule has 0 saturated heterocycles. The average Bonchev–Trinajstić information content (AvgIpc) is 3.34. The molecule has 0 aliphatic carbocycles. The topological polar surface area (TPSA) is 74.8 Å². The smallest absolute Gasteiger partial charge is 0.338 e. The zero-order chi connectivity index (χ0) is 24.0. The van der Waals surface area contributed by atoms with E-state index < -0.39 is 5.97 Å². The molecular formula is C27H27N5O2. The maximum absolute atomic E-state index is 13.1. The molecule has 7 heteroatoms. The van der Waals surface area contributed by atoms with Crippen LogP contribution in [0, 0.1) is 5.41 Å². The van der Waals surface area contributed by atoms with E-state index in [9.17, 15) is 4.79 Å². The summed E-state index contributed by atoms with van der Waals surface area (Å²) in [5, 5.41) is 0. The molecule has 0 radical (unpaired) electrons. The zero-order valence-corrected chi connectivity index (χ0v) is 20.0. The number of para-hydroxylation sites is 4. The number of pyridine rings is 1. The van der Waals surface area contributed by atoms with E-state index >= 15 is 0 Å². The summed E-state index contributed by atoms with van der Waals surface area (Å²) in [6.07, 6.45) is 0. The second-order valence-electron chi connectivity index (χ2n) is 9.73. The Hall–Kier alpha value is -4.00. The quantitative estimate of drug-likeness (QED) is 0.341. The summed E-state index contributed by atoms with van der Waals surface area (Å²) in [7, 11) is 3.90. The molecule has 0 N–H and O–H groups in total. The molecule has 0 aliphatic heterocycles. The summed E-state index contributed by atoms with van der Waals surface area (Å²) in [5.74, 6) is 0.954. The first-order chi connectivity index (χ1) is 16.2. The van der Waals surface area contributed by atoms with Gasteiger partial charge in [-0.05, 0) is 41.8 Å². The normalized spacial score (nSPS) is 11.9. The van der Waals surface area contributed by atoms with Crippen LogP contribution in [0.25, 0.3) is 45.1 Å². The number of aromatic nitrogens is 5. The number of esters is 1. The van der Waals surface area contributed by atoms with Gasteiger partial charge in [0.2, 0.25) is 0 Å².